The Balaban J connectivity index is 1.19. The zero-order valence-electron chi connectivity index (χ0n) is 21.4. The number of pyridine rings is 1. The van der Waals surface area contributed by atoms with E-state index >= 15 is 0 Å². The first-order valence-corrected chi connectivity index (χ1v) is 12.8. The van der Waals surface area contributed by atoms with Crippen LogP contribution in [0.1, 0.15) is 32.7 Å². The van der Waals surface area contributed by atoms with E-state index in [-0.39, 0.29) is 12.1 Å². The van der Waals surface area contributed by atoms with Crippen molar-refractivity contribution in [3.05, 3.63) is 137 Å². The first kappa shape index (κ1) is 25.7. The number of aryl methyl sites for hydroxylation is 2. The zero-order valence-corrected chi connectivity index (χ0v) is 21.4. The van der Waals surface area contributed by atoms with Crippen molar-refractivity contribution in [2.45, 2.75) is 31.9 Å². The first-order valence-electron chi connectivity index (χ1n) is 12.8. The fraction of sp³-hybridized carbons (Fsp3) is 0.156. The Morgan fingerprint density at radius 3 is 2.10 bits per heavy atom. The molecule has 5 rings (SSSR count). The number of carboxylic acids is 1. The van der Waals surface area contributed by atoms with Crippen molar-refractivity contribution in [3.8, 4) is 5.75 Å². The van der Waals surface area contributed by atoms with Crippen LogP contribution in [0.15, 0.2) is 109 Å². The van der Waals surface area contributed by atoms with Crippen LogP contribution in [-0.2, 0) is 30.7 Å². The molecule has 39 heavy (non-hydrogen) atoms. The van der Waals surface area contributed by atoms with E-state index in [1.54, 1.807) is 22.7 Å². The van der Waals surface area contributed by atoms with E-state index in [2.05, 4.69) is 22.4 Å². The highest BCUT2D eigenvalue weighted by molar-refractivity contribution is 5.95. The number of aliphatic carboxylic acids is 1. The molecule has 0 saturated carbocycles. The van der Waals surface area contributed by atoms with Gasteiger partial charge in [0, 0.05) is 18.8 Å². The lowest BCUT2D eigenvalue weighted by Gasteiger charge is -2.14. The van der Waals surface area contributed by atoms with Crippen LogP contribution in [0.3, 0.4) is 0 Å². The fourth-order valence-electron chi connectivity index (χ4n) is 4.36. The third kappa shape index (κ3) is 6.90. The number of carbonyl (C=O) groups excluding carboxylic acids is 1. The summed E-state index contributed by atoms with van der Waals surface area (Å²) in [6.07, 6.45) is 5.50. The van der Waals surface area contributed by atoms with Gasteiger partial charge in [-0.05, 0) is 53.3 Å². The highest BCUT2D eigenvalue weighted by Gasteiger charge is 2.22. The van der Waals surface area contributed by atoms with Gasteiger partial charge in [-0.25, -0.2) is 9.78 Å². The van der Waals surface area contributed by atoms with E-state index in [0.29, 0.717) is 18.0 Å². The smallest absolute Gasteiger partial charge is 0.326 e. The van der Waals surface area contributed by atoms with E-state index in [9.17, 15) is 14.7 Å². The number of nitrogens with zero attached hydrogens (tertiary/aromatic N) is 2. The summed E-state index contributed by atoms with van der Waals surface area (Å²) in [6, 6.07) is 30.1. The number of aromatic nitrogens is 2. The molecule has 2 heterocycles. The number of imidazole rings is 1. The highest BCUT2D eigenvalue weighted by atomic mass is 16.5. The molecule has 7 heteroatoms. The molecule has 0 saturated heterocycles. The van der Waals surface area contributed by atoms with E-state index in [0.717, 1.165) is 29.5 Å². The van der Waals surface area contributed by atoms with Gasteiger partial charge in [0.2, 0.25) is 0 Å². The van der Waals surface area contributed by atoms with E-state index in [1.165, 1.54) is 5.56 Å². The minimum absolute atomic E-state index is 0.136. The molecule has 0 spiro atoms. The van der Waals surface area contributed by atoms with Crippen molar-refractivity contribution in [2.24, 2.45) is 0 Å². The maximum Gasteiger partial charge on any atom is 0.326 e. The molecule has 1 atom stereocenters. The Hall–Kier alpha value is -4.91. The van der Waals surface area contributed by atoms with Crippen LogP contribution >= 0.6 is 0 Å². The summed E-state index contributed by atoms with van der Waals surface area (Å²) < 4.78 is 7.60. The average molecular weight is 520 g/mol. The van der Waals surface area contributed by atoms with Crippen LogP contribution < -0.4 is 10.1 Å². The monoisotopic (exact) mass is 519 g/mol. The first-order chi connectivity index (χ1) is 19.0. The summed E-state index contributed by atoms with van der Waals surface area (Å²) >= 11 is 0. The van der Waals surface area contributed by atoms with Gasteiger partial charge in [-0.1, -0.05) is 78.9 Å². The number of nitrogens with one attached hydrogen (secondary N) is 1. The second-order valence-corrected chi connectivity index (χ2v) is 9.40. The van der Waals surface area contributed by atoms with Gasteiger partial charge in [-0.15, -0.1) is 0 Å². The normalized spacial score (nSPS) is 11.7. The molecule has 196 valence electrons. The number of hydrogen-bond donors (Lipinski definition) is 2. The summed E-state index contributed by atoms with van der Waals surface area (Å²) in [4.78, 5) is 29.2. The van der Waals surface area contributed by atoms with E-state index in [1.807, 2.05) is 79.0 Å². The molecule has 0 radical (unpaired) electrons. The van der Waals surface area contributed by atoms with Gasteiger partial charge in [-0.3, -0.25) is 4.79 Å². The minimum Gasteiger partial charge on any atom is -0.489 e. The van der Waals surface area contributed by atoms with Crippen molar-refractivity contribution in [2.75, 3.05) is 0 Å². The van der Waals surface area contributed by atoms with Crippen LogP contribution in [0.5, 0.6) is 5.75 Å². The third-order valence-corrected chi connectivity index (χ3v) is 6.51. The molecule has 1 unspecified atom stereocenters. The quantitative estimate of drug-likeness (QED) is 0.253. The SMILES string of the molecule is O=C(NC(Cc1ccc(OCc2ccccc2)cc1)C(=O)O)c1cn2cc(CCc3ccccc3)ccc2n1. The summed E-state index contributed by atoms with van der Waals surface area (Å²) in [7, 11) is 0. The second-order valence-electron chi connectivity index (χ2n) is 9.40. The summed E-state index contributed by atoms with van der Waals surface area (Å²) in [5.74, 6) is -0.953. The molecule has 3 aromatic carbocycles. The van der Waals surface area contributed by atoms with Gasteiger partial charge in [0.15, 0.2) is 0 Å². The van der Waals surface area contributed by atoms with E-state index in [4.69, 9.17) is 4.74 Å². The maximum atomic E-state index is 12.9. The molecule has 2 aromatic heterocycles. The molecule has 0 aliphatic heterocycles. The van der Waals surface area contributed by atoms with Crippen LogP contribution in [0.4, 0.5) is 0 Å². The Labute approximate surface area is 226 Å². The van der Waals surface area contributed by atoms with Crippen LogP contribution in [0, 0.1) is 0 Å². The van der Waals surface area contributed by atoms with Gasteiger partial charge in [-0.2, -0.15) is 0 Å². The van der Waals surface area contributed by atoms with Gasteiger partial charge < -0.3 is 19.6 Å². The summed E-state index contributed by atoms with van der Waals surface area (Å²) in [5, 5.41) is 12.4. The van der Waals surface area contributed by atoms with Crippen LogP contribution in [0.25, 0.3) is 5.65 Å². The minimum atomic E-state index is -1.11. The summed E-state index contributed by atoms with van der Waals surface area (Å²) in [6.45, 7) is 0.446. The predicted molar refractivity (Wildman–Crippen MR) is 149 cm³/mol. The molecule has 5 aromatic rings. The van der Waals surface area contributed by atoms with Crippen molar-refractivity contribution in [3.63, 3.8) is 0 Å². The molecule has 0 bridgehead atoms. The Kier molecular flexibility index (Phi) is 7.98. The van der Waals surface area contributed by atoms with Crippen molar-refractivity contribution in [1.29, 1.82) is 0 Å². The number of amides is 1. The Morgan fingerprint density at radius 2 is 1.41 bits per heavy atom. The second kappa shape index (κ2) is 12.1. The van der Waals surface area contributed by atoms with Gasteiger partial charge in [0.1, 0.15) is 29.7 Å². The number of carbonyl (C=O) groups is 2. The lowest BCUT2D eigenvalue weighted by Crippen LogP contribution is -2.42. The largest absolute Gasteiger partial charge is 0.489 e. The molecule has 0 fully saturated rings. The zero-order chi connectivity index (χ0) is 27.0. The fourth-order valence-corrected chi connectivity index (χ4v) is 4.36. The molecule has 0 aliphatic rings. The van der Waals surface area contributed by atoms with Gasteiger partial charge in [0.25, 0.3) is 5.91 Å². The van der Waals surface area contributed by atoms with Crippen LogP contribution in [0.2, 0.25) is 0 Å². The molecular formula is C32H29N3O4. The highest BCUT2D eigenvalue weighted by Crippen LogP contribution is 2.16. The number of carboxylic acid groups (broad SMARTS) is 1. The number of fused-ring (bicyclic) bond motifs is 1. The lowest BCUT2D eigenvalue weighted by molar-refractivity contribution is -0.139. The molecule has 2 N–H and O–H groups in total. The third-order valence-electron chi connectivity index (χ3n) is 6.51. The van der Waals surface area contributed by atoms with Gasteiger partial charge >= 0.3 is 5.97 Å². The van der Waals surface area contributed by atoms with E-state index < -0.39 is 17.9 Å². The summed E-state index contributed by atoms with van der Waals surface area (Å²) in [5.41, 5.74) is 5.01. The molecular weight excluding hydrogens is 490 g/mol. The maximum absolute atomic E-state index is 12.9. The molecule has 1 amide bonds. The predicted octanol–water partition coefficient (Wildman–Crippen LogP) is 5.12. The molecule has 7 nitrogen and oxygen atoms in total. The Morgan fingerprint density at radius 1 is 0.769 bits per heavy atom. The number of rotatable bonds is 11. The van der Waals surface area contributed by atoms with Crippen molar-refractivity contribution < 1.29 is 19.4 Å². The van der Waals surface area contributed by atoms with Crippen molar-refractivity contribution >= 4 is 17.5 Å². The van der Waals surface area contributed by atoms with Gasteiger partial charge in [0.05, 0.1) is 0 Å². The lowest BCUT2D eigenvalue weighted by atomic mass is 10.1. The van der Waals surface area contributed by atoms with Crippen LogP contribution in [-0.4, -0.2) is 32.4 Å². The average Bonchev–Trinajstić information content (AvgIpc) is 3.40. The number of hydrogen-bond acceptors (Lipinski definition) is 4. The number of benzene rings is 3. The topological polar surface area (TPSA) is 92.9 Å². The molecule has 0 aliphatic carbocycles. The Bertz CT molecular complexity index is 1550. The van der Waals surface area contributed by atoms with Crippen molar-refractivity contribution in [1.82, 2.24) is 14.7 Å². The standard InChI is InChI=1S/C32H29N3O4/c36-31(29-21-35-20-25(15-18-30(35)33-29)12-11-23-7-3-1-4-8-23)34-28(32(37)38)19-24-13-16-27(17-14-24)39-22-26-9-5-2-6-10-26/h1-10,13-18,20-21,28H,11-12,19,22H2,(H,34,36)(H,37,38). The number of ether oxygens (including phenoxy) is 1.